The number of rotatable bonds is 4. The molecule has 1 aliphatic rings. The third-order valence-electron chi connectivity index (χ3n) is 4.74. The quantitative estimate of drug-likeness (QED) is 0.895. The lowest BCUT2D eigenvalue weighted by Gasteiger charge is -2.39. The van der Waals surface area contributed by atoms with E-state index in [1.165, 1.54) is 0 Å². The molecular formula is C17H25NO3. The smallest absolute Gasteiger partial charge is 0.310 e. The van der Waals surface area contributed by atoms with Crippen LogP contribution in [0.5, 0.6) is 5.75 Å². The van der Waals surface area contributed by atoms with Crippen LogP contribution < -0.4 is 0 Å². The molecule has 1 saturated heterocycles. The van der Waals surface area contributed by atoms with Gasteiger partial charge < -0.3 is 10.2 Å². The highest BCUT2D eigenvalue weighted by molar-refractivity contribution is 5.75. The monoisotopic (exact) mass is 291 g/mol. The van der Waals surface area contributed by atoms with E-state index >= 15 is 0 Å². The number of hydrogen-bond donors (Lipinski definition) is 2. The zero-order valence-electron chi connectivity index (χ0n) is 13.1. The third-order valence-corrected chi connectivity index (χ3v) is 4.74. The number of aliphatic carboxylic acids is 1. The predicted molar refractivity (Wildman–Crippen MR) is 82.5 cm³/mol. The van der Waals surface area contributed by atoms with Crippen molar-refractivity contribution in [2.75, 3.05) is 13.1 Å². The maximum atomic E-state index is 11.6. The molecule has 1 aromatic rings. The topological polar surface area (TPSA) is 60.8 Å². The lowest BCUT2D eigenvalue weighted by atomic mass is 9.77. The average Bonchev–Trinajstić information content (AvgIpc) is 2.44. The van der Waals surface area contributed by atoms with Gasteiger partial charge in [0.05, 0.1) is 5.41 Å². The van der Waals surface area contributed by atoms with Gasteiger partial charge in [0.25, 0.3) is 0 Å². The SMILES string of the molecule is CCC1(C(=O)O)CCCN(Cc2cc(C)c(O)c(C)c2)C1. The summed E-state index contributed by atoms with van der Waals surface area (Å²) in [6.45, 7) is 8.06. The van der Waals surface area contributed by atoms with Crippen LogP contribution in [-0.2, 0) is 11.3 Å². The summed E-state index contributed by atoms with van der Waals surface area (Å²) in [5.74, 6) is -0.321. The zero-order valence-corrected chi connectivity index (χ0v) is 13.1. The van der Waals surface area contributed by atoms with Crippen LogP contribution in [0.15, 0.2) is 12.1 Å². The molecule has 1 heterocycles. The van der Waals surface area contributed by atoms with E-state index in [9.17, 15) is 15.0 Å². The highest BCUT2D eigenvalue weighted by atomic mass is 16.4. The molecule has 0 spiro atoms. The lowest BCUT2D eigenvalue weighted by Crippen LogP contribution is -2.47. The Kier molecular flexibility index (Phi) is 4.57. The fourth-order valence-corrected chi connectivity index (χ4v) is 3.37. The third kappa shape index (κ3) is 3.21. The van der Waals surface area contributed by atoms with Crippen molar-refractivity contribution >= 4 is 5.97 Å². The first kappa shape index (κ1) is 15.8. The van der Waals surface area contributed by atoms with Gasteiger partial charge in [0, 0.05) is 13.1 Å². The zero-order chi connectivity index (χ0) is 15.6. The molecule has 1 fully saturated rings. The molecule has 1 unspecified atom stereocenters. The first-order chi connectivity index (χ1) is 9.88. The first-order valence-corrected chi connectivity index (χ1v) is 7.63. The van der Waals surface area contributed by atoms with Gasteiger partial charge in [0.1, 0.15) is 5.75 Å². The number of aromatic hydroxyl groups is 1. The van der Waals surface area contributed by atoms with Gasteiger partial charge in [-0.1, -0.05) is 19.1 Å². The Morgan fingerprint density at radius 3 is 2.48 bits per heavy atom. The van der Waals surface area contributed by atoms with Crippen molar-refractivity contribution in [1.82, 2.24) is 4.90 Å². The highest BCUT2D eigenvalue weighted by Gasteiger charge is 2.40. The molecule has 0 bridgehead atoms. The van der Waals surface area contributed by atoms with Crippen LogP contribution in [0.1, 0.15) is 42.9 Å². The van der Waals surface area contributed by atoms with Crippen LogP contribution in [0.2, 0.25) is 0 Å². The van der Waals surface area contributed by atoms with Crippen molar-refractivity contribution in [1.29, 1.82) is 0 Å². The van der Waals surface area contributed by atoms with Gasteiger partial charge in [-0.2, -0.15) is 0 Å². The van der Waals surface area contributed by atoms with Gasteiger partial charge in [0.2, 0.25) is 0 Å². The molecule has 2 N–H and O–H groups in total. The number of phenolic OH excluding ortho intramolecular Hbond substituents is 1. The molecule has 0 amide bonds. The minimum atomic E-state index is -0.673. The normalized spacial score (nSPS) is 23.2. The van der Waals surface area contributed by atoms with Crippen LogP contribution in [0.25, 0.3) is 0 Å². The summed E-state index contributed by atoms with van der Waals surface area (Å²) >= 11 is 0. The first-order valence-electron chi connectivity index (χ1n) is 7.63. The minimum Gasteiger partial charge on any atom is -0.507 e. The Labute approximate surface area is 126 Å². The largest absolute Gasteiger partial charge is 0.507 e. The summed E-state index contributed by atoms with van der Waals surface area (Å²) in [6, 6.07) is 3.98. The molecular weight excluding hydrogens is 266 g/mol. The van der Waals surface area contributed by atoms with Gasteiger partial charge in [0.15, 0.2) is 0 Å². The molecule has 21 heavy (non-hydrogen) atoms. The van der Waals surface area contributed by atoms with E-state index in [1.54, 1.807) is 0 Å². The molecule has 4 heteroatoms. The molecule has 116 valence electrons. The second-order valence-electron chi connectivity index (χ2n) is 6.33. The average molecular weight is 291 g/mol. The van der Waals surface area contributed by atoms with Crippen molar-refractivity contribution in [3.8, 4) is 5.75 Å². The number of carbonyl (C=O) groups is 1. The molecule has 0 aromatic heterocycles. The fraction of sp³-hybridized carbons (Fsp3) is 0.588. The number of carboxylic acid groups (broad SMARTS) is 1. The van der Waals surface area contributed by atoms with Gasteiger partial charge in [-0.3, -0.25) is 9.69 Å². The molecule has 1 atom stereocenters. The summed E-state index contributed by atoms with van der Waals surface area (Å²) in [6.07, 6.45) is 2.37. The Hall–Kier alpha value is -1.55. The Balaban J connectivity index is 2.15. The van der Waals surface area contributed by atoms with E-state index in [0.717, 1.165) is 42.6 Å². The summed E-state index contributed by atoms with van der Waals surface area (Å²) in [7, 11) is 0. The fourth-order valence-electron chi connectivity index (χ4n) is 3.37. The summed E-state index contributed by atoms with van der Waals surface area (Å²) in [4.78, 5) is 13.8. The number of piperidine rings is 1. The molecule has 0 aliphatic carbocycles. The van der Waals surface area contributed by atoms with Crippen molar-refractivity contribution in [2.45, 2.75) is 46.6 Å². The number of phenols is 1. The predicted octanol–water partition coefficient (Wildman–Crippen LogP) is 3.09. The minimum absolute atomic E-state index is 0.353. The van der Waals surface area contributed by atoms with E-state index in [4.69, 9.17) is 0 Å². The van der Waals surface area contributed by atoms with Crippen molar-refractivity contribution < 1.29 is 15.0 Å². The number of benzene rings is 1. The summed E-state index contributed by atoms with van der Waals surface area (Å²) < 4.78 is 0. The maximum absolute atomic E-state index is 11.6. The summed E-state index contributed by atoms with van der Waals surface area (Å²) in [5, 5.41) is 19.4. The molecule has 1 aromatic carbocycles. The molecule has 1 aliphatic heterocycles. The maximum Gasteiger partial charge on any atom is 0.310 e. The van der Waals surface area contributed by atoms with Gasteiger partial charge in [-0.25, -0.2) is 0 Å². The number of aryl methyl sites for hydroxylation is 2. The Bertz CT molecular complexity index is 518. The number of nitrogens with zero attached hydrogens (tertiary/aromatic N) is 1. The van der Waals surface area contributed by atoms with Crippen LogP contribution in [0.4, 0.5) is 0 Å². The second-order valence-corrected chi connectivity index (χ2v) is 6.33. The van der Waals surface area contributed by atoms with Gasteiger partial charge in [-0.05, 0) is 56.3 Å². The van der Waals surface area contributed by atoms with E-state index < -0.39 is 11.4 Å². The van der Waals surface area contributed by atoms with Crippen LogP contribution in [-0.4, -0.2) is 34.2 Å². The Morgan fingerprint density at radius 2 is 1.95 bits per heavy atom. The van der Waals surface area contributed by atoms with E-state index in [2.05, 4.69) is 4.90 Å². The standard InChI is InChI=1S/C17H25NO3/c1-4-17(16(20)21)6-5-7-18(11-17)10-14-8-12(2)15(19)13(3)9-14/h8-9,19H,4-7,10-11H2,1-3H3,(H,20,21). The van der Waals surface area contributed by atoms with Crippen molar-refractivity contribution in [2.24, 2.45) is 5.41 Å². The van der Waals surface area contributed by atoms with Gasteiger partial charge >= 0.3 is 5.97 Å². The second kappa shape index (κ2) is 6.06. The van der Waals surface area contributed by atoms with Crippen molar-refractivity contribution in [3.63, 3.8) is 0 Å². The number of hydrogen-bond acceptors (Lipinski definition) is 3. The Morgan fingerprint density at radius 1 is 1.33 bits per heavy atom. The van der Waals surface area contributed by atoms with E-state index in [1.807, 2.05) is 32.9 Å². The van der Waals surface area contributed by atoms with Crippen LogP contribution >= 0.6 is 0 Å². The number of carboxylic acids is 1. The van der Waals surface area contributed by atoms with Crippen LogP contribution in [0, 0.1) is 19.3 Å². The molecule has 0 saturated carbocycles. The van der Waals surface area contributed by atoms with Crippen LogP contribution in [0.3, 0.4) is 0 Å². The van der Waals surface area contributed by atoms with Gasteiger partial charge in [-0.15, -0.1) is 0 Å². The van der Waals surface area contributed by atoms with Crippen molar-refractivity contribution in [3.05, 3.63) is 28.8 Å². The molecule has 4 nitrogen and oxygen atoms in total. The molecule has 0 radical (unpaired) electrons. The number of likely N-dealkylation sites (tertiary alicyclic amines) is 1. The highest BCUT2D eigenvalue weighted by Crippen LogP contribution is 2.34. The lowest BCUT2D eigenvalue weighted by molar-refractivity contribution is -0.153. The van der Waals surface area contributed by atoms with E-state index in [-0.39, 0.29) is 0 Å². The molecule has 2 rings (SSSR count). The van der Waals surface area contributed by atoms with E-state index in [0.29, 0.717) is 18.7 Å². The summed E-state index contributed by atoms with van der Waals surface area (Å²) in [5.41, 5.74) is 2.29.